The Kier molecular flexibility index (Phi) is 5.29. The molecule has 2 aromatic rings. The average Bonchev–Trinajstić information content (AvgIpc) is 2.60. The Hall–Kier alpha value is -2.38. The number of sulfonamides is 1. The van der Waals surface area contributed by atoms with Crippen molar-refractivity contribution in [2.75, 3.05) is 18.0 Å². The van der Waals surface area contributed by atoms with Gasteiger partial charge in [0.2, 0.25) is 15.9 Å². The molecule has 0 saturated carbocycles. The van der Waals surface area contributed by atoms with E-state index < -0.39 is 10.0 Å². The van der Waals surface area contributed by atoms with Crippen LogP contribution in [0.3, 0.4) is 0 Å². The monoisotopic (exact) mass is 373 g/mol. The van der Waals surface area contributed by atoms with E-state index in [1.165, 1.54) is 28.9 Å². The van der Waals surface area contributed by atoms with Crippen molar-refractivity contribution in [1.82, 2.24) is 5.32 Å². The Bertz CT molecular complexity index is 908. The molecule has 0 unspecified atom stereocenters. The van der Waals surface area contributed by atoms with E-state index in [-0.39, 0.29) is 10.8 Å². The molecular weight excluding hydrogens is 350 g/mol. The minimum Gasteiger partial charge on any atom is -0.362 e. The summed E-state index contributed by atoms with van der Waals surface area (Å²) in [5.41, 5.74) is 4.48. The molecule has 138 valence electrons. The molecule has 0 aromatic heterocycles. The zero-order chi connectivity index (χ0) is 18.7. The normalized spacial score (nSPS) is 14.0. The molecule has 1 heterocycles. The van der Waals surface area contributed by atoms with Crippen LogP contribution < -0.4 is 15.4 Å². The van der Waals surface area contributed by atoms with Crippen LogP contribution in [0, 0.1) is 6.92 Å². The number of amides is 1. The Morgan fingerprint density at radius 1 is 1.19 bits per heavy atom. The summed E-state index contributed by atoms with van der Waals surface area (Å²) in [5, 5.41) is 7.97. The number of nitrogens with one attached hydrogen (secondary N) is 1. The first kappa shape index (κ1) is 18.4. The number of carbonyl (C=O) groups is 1. The second-order valence-electron chi connectivity index (χ2n) is 6.57. The molecule has 6 nitrogen and oxygen atoms in total. The first-order valence-electron chi connectivity index (χ1n) is 8.56. The lowest BCUT2D eigenvalue weighted by Gasteiger charge is -2.32. The molecular formula is C19H23N3O3S. The first-order valence-corrected chi connectivity index (χ1v) is 10.1. The molecule has 1 aliphatic rings. The van der Waals surface area contributed by atoms with Crippen molar-refractivity contribution in [3.63, 3.8) is 0 Å². The highest BCUT2D eigenvalue weighted by atomic mass is 32.2. The molecule has 0 aliphatic carbocycles. The number of hydrogen-bond acceptors (Lipinski definition) is 4. The number of hydrogen-bond donors (Lipinski definition) is 2. The fourth-order valence-electron chi connectivity index (χ4n) is 3.33. The molecule has 0 fully saturated rings. The standard InChI is InChI=1S/C19H23N3O3S/c1-14-4-2-5-16-6-3-11-22(19(14)16)13-18(23)21-12-15-7-9-17(10-8-15)26(20,24)25/h2,4-5,7-10H,3,6,11-13H2,1H3,(H,21,23)(H2,20,24,25). The highest BCUT2D eigenvalue weighted by Crippen LogP contribution is 2.30. The van der Waals surface area contributed by atoms with Gasteiger partial charge in [-0.2, -0.15) is 0 Å². The summed E-state index contributed by atoms with van der Waals surface area (Å²) in [6.45, 7) is 3.60. The van der Waals surface area contributed by atoms with Gasteiger partial charge in [-0.05, 0) is 48.6 Å². The van der Waals surface area contributed by atoms with Crippen molar-refractivity contribution < 1.29 is 13.2 Å². The van der Waals surface area contributed by atoms with Crippen molar-refractivity contribution in [1.29, 1.82) is 0 Å². The fourth-order valence-corrected chi connectivity index (χ4v) is 3.85. The van der Waals surface area contributed by atoms with Crippen LogP contribution in [0.4, 0.5) is 5.69 Å². The number of fused-ring (bicyclic) bond motifs is 1. The fraction of sp³-hybridized carbons (Fsp3) is 0.316. The maximum absolute atomic E-state index is 12.4. The van der Waals surface area contributed by atoms with Crippen molar-refractivity contribution in [3.05, 3.63) is 59.2 Å². The van der Waals surface area contributed by atoms with Crippen molar-refractivity contribution in [3.8, 4) is 0 Å². The van der Waals surface area contributed by atoms with E-state index in [0.717, 1.165) is 24.9 Å². The summed E-state index contributed by atoms with van der Waals surface area (Å²) in [4.78, 5) is 14.6. The summed E-state index contributed by atoms with van der Waals surface area (Å²) < 4.78 is 22.5. The molecule has 3 rings (SSSR count). The lowest BCUT2D eigenvalue weighted by atomic mass is 9.98. The Morgan fingerprint density at radius 3 is 2.62 bits per heavy atom. The Balaban J connectivity index is 1.61. The second-order valence-corrected chi connectivity index (χ2v) is 8.13. The minimum atomic E-state index is -3.70. The highest BCUT2D eigenvalue weighted by Gasteiger charge is 2.20. The van der Waals surface area contributed by atoms with Gasteiger partial charge < -0.3 is 10.2 Å². The van der Waals surface area contributed by atoms with Crippen LogP contribution in [0.15, 0.2) is 47.4 Å². The predicted molar refractivity (Wildman–Crippen MR) is 101 cm³/mol. The molecule has 0 radical (unpaired) electrons. The number of para-hydroxylation sites is 1. The van der Waals surface area contributed by atoms with Crippen LogP contribution in [0.25, 0.3) is 0 Å². The number of rotatable bonds is 5. The van der Waals surface area contributed by atoms with Gasteiger partial charge in [-0.1, -0.05) is 30.3 Å². The number of nitrogens with two attached hydrogens (primary N) is 1. The van der Waals surface area contributed by atoms with Crippen LogP contribution in [0.2, 0.25) is 0 Å². The Morgan fingerprint density at radius 2 is 1.92 bits per heavy atom. The van der Waals surface area contributed by atoms with Crippen LogP contribution in [-0.4, -0.2) is 27.4 Å². The van der Waals surface area contributed by atoms with Gasteiger partial charge in [0.05, 0.1) is 11.4 Å². The summed E-state index contributed by atoms with van der Waals surface area (Å²) in [6, 6.07) is 12.5. The van der Waals surface area contributed by atoms with Gasteiger partial charge in [-0.3, -0.25) is 4.79 Å². The SMILES string of the molecule is Cc1cccc2c1N(CC(=O)NCc1ccc(S(N)(=O)=O)cc1)CCC2. The predicted octanol–water partition coefficient (Wildman–Crippen LogP) is 1.71. The smallest absolute Gasteiger partial charge is 0.239 e. The van der Waals surface area contributed by atoms with E-state index in [1.54, 1.807) is 12.1 Å². The average molecular weight is 373 g/mol. The zero-order valence-corrected chi connectivity index (χ0v) is 15.6. The number of benzene rings is 2. The van der Waals surface area contributed by atoms with Crippen LogP contribution >= 0.6 is 0 Å². The van der Waals surface area contributed by atoms with Crippen molar-refractivity contribution in [2.45, 2.75) is 31.2 Å². The van der Waals surface area contributed by atoms with E-state index in [1.807, 2.05) is 0 Å². The van der Waals surface area contributed by atoms with Crippen molar-refractivity contribution >= 4 is 21.6 Å². The van der Waals surface area contributed by atoms with E-state index in [0.29, 0.717) is 13.1 Å². The minimum absolute atomic E-state index is 0.0587. The lowest BCUT2D eigenvalue weighted by Crippen LogP contribution is -2.40. The number of primary sulfonamides is 1. The quantitative estimate of drug-likeness (QED) is 0.834. The van der Waals surface area contributed by atoms with Gasteiger partial charge in [0.1, 0.15) is 0 Å². The van der Waals surface area contributed by atoms with Gasteiger partial charge in [-0.25, -0.2) is 13.6 Å². The molecule has 3 N–H and O–H groups in total. The third kappa shape index (κ3) is 4.23. The second kappa shape index (κ2) is 7.47. The maximum Gasteiger partial charge on any atom is 0.239 e. The molecule has 0 bridgehead atoms. The number of nitrogens with zero attached hydrogens (tertiary/aromatic N) is 1. The van der Waals surface area contributed by atoms with Gasteiger partial charge in [0, 0.05) is 18.8 Å². The summed E-state index contributed by atoms with van der Waals surface area (Å²) in [6.07, 6.45) is 2.09. The molecule has 2 aromatic carbocycles. The summed E-state index contributed by atoms with van der Waals surface area (Å²) in [5.74, 6) is -0.0587. The van der Waals surface area contributed by atoms with Gasteiger partial charge >= 0.3 is 0 Å². The third-order valence-corrected chi connectivity index (χ3v) is 5.52. The Labute approximate surface area is 154 Å². The van der Waals surface area contributed by atoms with Gasteiger partial charge in [0.25, 0.3) is 0 Å². The third-order valence-electron chi connectivity index (χ3n) is 4.59. The van der Waals surface area contributed by atoms with Crippen LogP contribution in [0.1, 0.15) is 23.1 Å². The molecule has 1 aliphatic heterocycles. The molecule has 26 heavy (non-hydrogen) atoms. The molecule has 0 saturated heterocycles. The molecule has 0 atom stereocenters. The number of anilines is 1. The van der Waals surface area contributed by atoms with E-state index >= 15 is 0 Å². The summed E-state index contributed by atoms with van der Waals surface area (Å²) >= 11 is 0. The molecule has 1 amide bonds. The number of aryl methyl sites for hydroxylation is 2. The molecule has 0 spiro atoms. The van der Waals surface area contributed by atoms with Crippen molar-refractivity contribution in [2.24, 2.45) is 5.14 Å². The van der Waals surface area contributed by atoms with Gasteiger partial charge in [0.15, 0.2) is 0 Å². The van der Waals surface area contributed by atoms with Gasteiger partial charge in [-0.15, -0.1) is 0 Å². The van der Waals surface area contributed by atoms with E-state index in [2.05, 4.69) is 35.3 Å². The topological polar surface area (TPSA) is 92.5 Å². The first-order chi connectivity index (χ1) is 12.3. The largest absolute Gasteiger partial charge is 0.362 e. The lowest BCUT2D eigenvalue weighted by molar-refractivity contribution is -0.119. The van der Waals surface area contributed by atoms with Crippen LogP contribution in [-0.2, 0) is 27.8 Å². The number of carbonyl (C=O) groups excluding carboxylic acids is 1. The summed E-state index contributed by atoms with van der Waals surface area (Å²) in [7, 11) is -3.70. The van der Waals surface area contributed by atoms with E-state index in [9.17, 15) is 13.2 Å². The highest BCUT2D eigenvalue weighted by molar-refractivity contribution is 7.89. The van der Waals surface area contributed by atoms with Crippen LogP contribution in [0.5, 0.6) is 0 Å². The maximum atomic E-state index is 12.4. The van der Waals surface area contributed by atoms with E-state index in [4.69, 9.17) is 5.14 Å². The molecule has 7 heteroatoms. The zero-order valence-electron chi connectivity index (χ0n) is 14.7.